The lowest BCUT2D eigenvalue weighted by molar-refractivity contribution is 0.613. The van der Waals surface area contributed by atoms with E-state index < -0.39 is 0 Å². The highest BCUT2D eigenvalue weighted by atomic mass is 19.1. The first-order valence-corrected chi connectivity index (χ1v) is 5.68. The first-order chi connectivity index (χ1) is 9.25. The van der Waals surface area contributed by atoms with Gasteiger partial charge in [0.2, 0.25) is 11.6 Å². The van der Waals surface area contributed by atoms with Gasteiger partial charge in [-0.15, -0.1) is 10.2 Å². The molecule has 0 aliphatic carbocycles. The van der Waals surface area contributed by atoms with Gasteiger partial charge >= 0.3 is 0 Å². The Bertz CT molecular complexity index is 723. The Hall–Kier alpha value is -2.70. The lowest BCUT2D eigenvalue weighted by Crippen LogP contribution is -2.05. The van der Waals surface area contributed by atoms with Crippen molar-refractivity contribution in [3.8, 4) is 0 Å². The Morgan fingerprint density at radius 1 is 1.26 bits per heavy atom. The lowest BCUT2D eigenvalue weighted by Gasteiger charge is -2.07. The Balaban J connectivity index is 1.88. The van der Waals surface area contributed by atoms with Crippen LogP contribution in [0.25, 0.3) is 5.65 Å². The van der Waals surface area contributed by atoms with E-state index in [9.17, 15) is 4.39 Å². The number of nitrogens with two attached hydrogens (primary N) is 1. The molecule has 1 aromatic carbocycles. The topological polar surface area (TPSA) is 81.1 Å². The quantitative estimate of drug-likeness (QED) is 0.743. The number of nitrogens with one attached hydrogen (secondary N) is 1. The van der Waals surface area contributed by atoms with E-state index in [1.165, 1.54) is 6.07 Å². The molecule has 3 aromatic rings. The van der Waals surface area contributed by atoms with Crippen LogP contribution in [0.3, 0.4) is 0 Å². The van der Waals surface area contributed by atoms with Crippen LogP contribution in [0.1, 0.15) is 5.56 Å². The number of benzene rings is 1. The fourth-order valence-corrected chi connectivity index (χ4v) is 1.79. The minimum absolute atomic E-state index is 0.261. The molecule has 3 N–H and O–H groups in total. The van der Waals surface area contributed by atoms with Crippen LogP contribution in [0.2, 0.25) is 0 Å². The summed E-state index contributed by atoms with van der Waals surface area (Å²) >= 11 is 0. The smallest absolute Gasteiger partial charge is 0.226 e. The summed E-state index contributed by atoms with van der Waals surface area (Å²) in [5.74, 6) is 0.532. The van der Waals surface area contributed by atoms with Crippen LogP contribution in [0.4, 0.5) is 16.2 Å². The molecule has 2 heterocycles. The third-order valence-corrected chi connectivity index (χ3v) is 2.76. The molecule has 7 heteroatoms. The molecule has 0 amide bonds. The van der Waals surface area contributed by atoms with Gasteiger partial charge in [-0.05, 0) is 6.07 Å². The van der Waals surface area contributed by atoms with Crippen molar-refractivity contribution < 1.29 is 4.39 Å². The van der Waals surface area contributed by atoms with E-state index >= 15 is 0 Å². The number of anilines is 2. The van der Waals surface area contributed by atoms with Crippen LogP contribution in [0.15, 0.2) is 36.7 Å². The van der Waals surface area contributed by atoms with Crippen LogP contribution in [0.5, 0.6) is 0 Å². The molecule has 3 rings (SSSR count). The average molecular weight is 258 g/mol. The van der Waals surface area contributed by atoms with Crippen molar-refractivity contribution in [3.05, 3.63) is 48.0 Å². The molecule has 0 spiro atoms. The molecule has 0 bridgehead atoms. The van der Waals surface area contributed by atoms with Crippen molar-refractivity contribution in [2.75, 3.05) is 11.1 Å². The van der Waals surface area contributed by atoms with Gasteiger partial charge in [-0.1, -0.05) is 18.2 Å². The minimum Gasteiger partial charge on any atom is -0.368 e. The molecule has 2 aromatic heterocycles. The maximum Gasteiger partial charge on any atom is 0.226 e. The van der Waals surface area contributed by atoms with E-state index in [2.05, 4.69) is 20.5 Å². The number of hydrogen-bond acceptors (Lipinski definition) is 5. The molecule has 0 saturated carbocycles. The number of rotatable bonds is 3. The number of hydrogen-bond donors (Lipinski definition) is 2. The maximum atomic E-state index is 13.5. The zero-order chi connectivity index (χ0) is 13.2. The Kier molecular flexibility index (Phi) is 2.71. The summed E-state index contributed by atoms with van der Waals surface area (Å²) in [6.07, 6.45) is 3.25. The van der Waals surface area contributed by atoms with Crippen LogP contribution >= 0.6 is 0 Å². The summed E-state index contributed by atoms with van der Waals surface area (Å²) in [5, 5.41) is 10.7. The van der Waals surface area contributed by atoms with E-state index in [0.717, 1.165) is 0 Å². The fourth-order valence-electron chi connectivity index (χ4n) is 1.79. The average Bonchev–Trinajstić information content (AvgIpc) is 2.81. The number of nitrogen functional groups attached to an aromatic ring is 1. The first-order valence-electron chi connectivity index (χ1n) is 5.68. The zero-order valence-corrected chi connectivity index (χ0v) is 9.92. The van der Waals surface area contributed by atoms with E-state index in [4.69, 9.17) is 5.73 Å². The van der Waals surface area contributed by atoms with Gasteiger partial charge in [0.15, 0.2) is 5.82 Å². The summed E-state index contributed by atoms with van der Waals surface area (Å²) in [6.45, 7) is 0.312. The summed E-state index contributed by atoms with van der Waals surface area (Å²) in [5.41, 5.74) is 6.72. The standard InChI is InChI=1S/C12H11FN6/c13-9-4-2-1-3-8(9)7-16-10-11-17-18-12(14)19(11)6-5-15-10/h1-6H,7H2,(H2,14,18)(H,15,16). The highest BCUT2D eigenvalue weighted by molar-refractivity contribution is 5.63. The van der Waals surface area contributed by atoms with Crippen molar-refractivity contribution in [2.45, 2.75) is 6.54 Å². The summed E-state index contributed by atoms with van der Waals surface area (Å²) in [7, 11) is 0. The van der Waals surface area contributed by atoms with E-state index in [1.54, 1.807) is 35.0 Å². The molecule has 0 unspecified atom stereocenters. The SMILES string of the molecule is Nc1nnc2c(NCc3ccccc3F)nccn12. The van der Waals surface area contributed by atoms with Crippen molar-refractivity contribution in [2.24, 2.45) is 0 Å². The second kappa shape index (κ2) is 4.52. The molecule has 19 heavy (non-hydrogen) atoms. The molecule has 96 valence electrons. The minimum atomic E-state index is -0.261. The van der Waals surface area contributed by atoms with Gasteiger partial charge in [-0.2, -0.15) is 0 Å². The van der Waals surface area contributed by atoms with Crippen LogP contribution in [-0.4, -0.2) is 19.6 Å². The van der Waals surface area contributed by atoms with E-state index in [1.807, 2.05) is 0 Å². The zero-order valence-electron chi connectivity index (χ0n) is 9.92. The number of fused-ring (bicyclic) bond motifs is 1. The highest BCUT2D eigenvalue weighted by Gasteiger charge is 2.08. The van der Waals surface area contributed by atoms with Crippen molar-refractivity contribution in [3.63, 3.8) is 0 Å². The molecule has 0 atom stereocenters. The molecule has 0 saturated heterocycles. The fraction of sp³-hybridized carbons (Fsp3) is 0.0833. The Morgan fingerprint density at radius 3 is 2.95 bits per heavy atom. The number of aromatic nitrogens is 4. The Labute approximate surface area is 108 Å². The summed E-state index contributed by atoms with van der Waals surface area (Å²) in [4.78, 5) is 4.15. The van der Waals surface area contributed by atoms with Crippen molar-refractivity contribution >= 4 is 17.4 Å². The monoisotopic (exact) mass is 258 g/mol. The highest BCUT2D eigenvalue weighted by Crippen LogP contribution is 2.15. The van der Waals surface area contributed by atoms with Gasteiger partial charge in [-0.25, -0.2) is 9.37 Å². The molecule has 0 aliphatic heterocycles. The first kappa shape index (κ1) is 11.4. The summed E-state index contributed by atoms with van der Waals surface area (Å²) < 4.78 is 15.1. The van der Waals surface area contributed by atoms with Crippen LogP contribution in [0, 0.1) is 5.82 Å². The van der Waals surface area contributed by atoms with Gasteiger partial charge in [0.25, 0.3) is 0 Å². The molecule has 0 radical (unpaired) electrons. The van der Waals surface area contributed by atoms with E-state index in [0.29, 0.717) is 23.6 Å². The second-order valence-corrected chi connectivity index (χ2v) is 3.97. The van der Waals surface area contributed by atoms with Gasteiger partial charge in [0.05, 0.1) is 0 Å². The third-order valence-electron chi connectivity index (χ3n) is 2.76. The van der Waals surface area contributed by atoms with Crippen LogP contribution in [-0.2, 0) is 6.54 Å². The van der Waals surface area contributed by atoms with E-state index in [-0.39, 0.29) is 11.8 Å². The maximum absolute atomic E-state index is 13.5. The summed E-state index contributed by atoms with van der Waals surface area (Å²) in [6, 6.07) is 6.56. The van der Waals surface area contributed by atoms with Crippen molar-refractivity contribution in [1.82, 2.24) is 19.6 Å². The van der Waals surface area contributed by atoms with Gasteiger partial charge in [0.1, 0.15) is 5.82 Å². The lowest BCUT2D eigenvalue weighted by atomic mass is 10.2. The predicted molar refractivity (Wildman–Crippen MR) is 68.9 cm³/mol. The van der Waals surface area contributed by atoms with Crippen molar-refractivity contribution in [1.29, 1.82) is 0 Å². The predicted octanol–water partition coefficient (Wildman–Crippen LogP) is 1.46. The molecule has 6 nitrogen and oxygen atoms in total. The van der Waals surface area contributed by atoms with Gasteiger partial charge in [-0.3, -0.25) is 4.40 Å². The Morgan fingerprint density at radius 2 is 2.11 bits per heavy atom. The van der Waals surface area contributed by atoms with Gasteiger partial charge < -0.3 is 11.1 Å². The normalized spacial score (nSPS) is 10.8. The second-order valence-electron chi connectivity index (χ2n) is 3.97. The molecule has 0 aliphatic rings. The van der Waals surface area contributed by atoms with Gasteiger partial charge in [0, 0.05) is 24.5 Å². The number of halogens is 1. The largest absolute Gasteiger partial charge is 0.368 e. The van der Waals surface area contributed by atoms with Crippen LogP contribution < -0.4 is 11.1 Å². The molecular weight excluding hydrogens is 247 g/mol. The molecular formula is C12H11FN6. The molecule has 0 fully saturated rings. The number of nitrogens with zero attached hydrogens (tertiary/aromatic N) is 4. The third kappa shape index (κ3) is 2.05.